The molecule has 0 bridgehead atoms. The van der Waals surface area contributed by atoms with Gasteiger partial charge in [0.05, 0.1) is 6.61 Å². The highest BCUT2D eigenvalue weighted by atomic mass is 16.3. The summed E-state index contributed by atoms with van der Waals surface area (Å²) in [6.45, 7) is 1.81. The molecule has 2 aromatic rings. The molecule has 3 rings (SSSR count). The molecule has 1 aromatic heterocycles. The van der Waals surface area contributed by atoms with Crippen LogP contribution in [0.2, 0.25) is 0 Å². The fourth-order valence-electron chi connectivity index (χ4n) is 2.19. The van der Waals surface area contributed by atoms with E-state index < -0.39 is 0 Å². The number of aliphatic hydroxyl groups excluding tert-OH is 1. The molecule has 2 N–H and O–H groups in total. The summed E-state index contributed by atoms with van der Waals surface area (Å²) in [5, 5.41) is 13.8. The molecule has 3 nitrogen and oxygen atoms in total. The second kappa shape index (κ2) is 4.51. The van der Waals surface area contributed by atoms with Crippen LogP contribution in [0.15, 0.2) is 30.5 Å². The van der Waals surface area contributed by atoms with E-state index in [1.54, 1.807) is 0 Å². The highest BCUT2D eigenvalue weighted by Gasteiger charge is 2.19. The highest BCUT2D eigenvalue weighted by molar-refractivity contribution is 5.80. The van der Waals surface area contributed by atoms with Crippen molar-refractivity contribution in [1.29, 1.82) is 0 Å². The van der Waals surface area contributed by atoms with Gasteiger partial charge < -0.3 is 15.0 Å². The lowest BCUT2D eigenvalue weighted by Gasteiger charge is -2.06. The van der Waals surface area contributed by atoms with Crippen LogP contribution >= 0.6 is 0 Å². The van der Waals surface area contributed by atoms with Crippen LogP contribution < -0.4 is 5.32 Å². The van der Waals surface area contributed by atoms with Gasteiger partial charge in [0.15, 0.2) is 0 Å². The van der Waals surface area contributed by atoms with Crippen LogP contribution in [0.4, 0.5) is 0 Å². The summed E-state index contributed by atoms with van der Waals surface area (Å²) < 4.78 is 2.11. The maximum Gasteiger partial charge on any atom is 0.0610 e. The summed E-state index contributed by atoms with van der Waals surface area (Å²) >= 11 is 0. The van der Waals surface area contributed by atoms with Gasteiger partial charge in [-0.05, 0) is 35.9 Å². The molecule has 90 valence electrons. The van der Waals surface area contributed by atoms with E-state index in [0.717, 1.165) is 12.6 Å². The molecular weight excluding hydrogens is 212 g/mol. The Morgan fingerprint density at radius 1 is 1.29 bits per heavy atom. The zero-order chi connectivity index (χ0) is 11.7. The topological polar surface area (TPSA) is 37.2 Å². The number of aromatic nitrogens is 1. The molecule has 1 fully saturated rings. The molecule has 1 heterocycles. The van der Waals surface area contributed by atoms with E-state index >= 15 is 0 Å². The van der Waals surface area contributed by atoms with Crippen molar-refractivity contribution >= 4 is 10.9 Å². The molecule has 0 atom stereocenters. The van der Waals surface area contributed by atoms with Crippen LogP contribution in [0.3, 0.4) is 0 Å². The third-order valence-electron chi connectivity index (χ3n) is 3.35. The Balaban J connectivity index is 1.83. The van der Waals surface area contributed by atoms with Crippen LogP contribution in [0, 0.1) is 0 Å². The number of rotatable bonds is 5. The van der Waals surface area contributed by atoms with Gasteiger partial charge in [0.1, 0.15) is 0 Å². The zero-order valence-electron chi connectivity index (χ0n) is 9.89. The number of nitrogens with one attached hydrogen (secondary N) is 1. The van der Waals surface area contributed by atoms with Gasteiger partial charge in [0, 0.05) is 30.8 Å². The number of fused-ring (bicyclic) bond motifs is 1. The number of nitrogens with zero attached hydrogens (tertiary/aromatic N) is 1. The average molecular weight is 230 g/mol. The van der Waals surface area contributed by atoms with Crippen LogP contribution in [-0.4, -0.2) is 22.3 Å². The minimum absolute atomic E-state index is 0.189. The van der Waals surface area contributed by atoms with Crippen molar-refractivity contribution in [2.75, 3.05) is 6.61 Å². The molecule has 0 saturated heterocycles. The van der Waals surface area contributed by atoms with Crippen LogP contribution in [0.25, 0.3) is 10.9 Å². The predicted molar refractivity (Wildman–Crippen MR) is 68.9 cm³/mol. The first-order valence-electron chi connectivity index (χ1n) is 6.29. The van der Waals surface area contributed by atoms with Crippen LogP contribution in [-0.2, 0) is 13.1 Å². The van der Waals surface area contributed by atoms with Crippen molar-refractivity contribution in [2.24, 2.45) is 0 Å². The van der Waals surface area contributed by atoms with Gasteiger partial charge in [-0.2, -0.15) is 0 Å². The Kier molecular flexibility index (Phi) is 2.87. The fraction of sp³-hybridized carbons (Fsp3) is 0.429. The molecule has 1 aromatic carbocycles. The maximum absolute atomic E-state index is 9.02. The third kappa shape index (κ3) is 2.35. The zero-order valence-corrected chi connectivity index (χ0v) is 9.89. The Hall–Kier alpha value is -1.32. The molecule has 1 aliphatic rings. The van der Waals surface area contributed by atoms with Gasteiger partial charge in [0.25, 0.3) is 0 Å². The van der Waals surface area contributed by atoms with E-state index in [1.165, 1.54) is 29.3 Å². The SMILES string of the molecule is OCCn1ccc2ccc(CNC3CC3)cc21. The lowest BCUT2D eigenvalue weighted by Crippen LogP contribution is -2.15. The largest absolute Gasteiger partial charge is 0.395 e. The first kappa shape index (κ1) is 10.8. The van der Waals surface area contributed by atoms with E-state index in [0.29, 0.717) is 6.54 Å². The van der Waals surface area contributed by atoms with Crippen molar-refractivity contribution in [3.63, 3.8) is 0 Å². The van der Waals surface area contributed by atoms with Gasteiger partial charge >= 0.3 is 0 Å². The number of hydrogen-bond donors (Lipinski definition) is 2. The number of benzene rings is 1. The average Bonchev–Trinajstić information content (AvgIpc) is 3.10. The first-order valence-corrected chi connectivity index (χ1v) is 6.29. The molecule has 17 heavy (non-hydrogen) atoms. The lowest BCUT2D eigenvalue weighted by atomic mass is 10.1. The van der Waals surface area contributed by atoms with Crippen molar-refractivity contribution in [3.8, 4) is 0 Å². The normalized spacial score (nSPS) is 15.6. The quantitative estimate of drug-likeness (QED) is 0.823. The summed E-state index contributed by atoms with van der Waals surface area (Å²) in [6, 6.07) is 9.41. The standard InChI is InChI=1S/C14H18N2O/c17-8-7-16-6-5-12-2-1-11(9-14(12)16)10-15-13-3-4-13/h1-2,5-6,9,13,15,17H,3-4,7-8,10H2. The first-order chi connectivity index (χ1) is 8.36. The van der Waals surface area contributed by atoms with Crippen molar-refractivity contribution in [1.82, 2.24) is 9.88 Å². The van der Waals surface area contributed by atoms with Gasteiger partial charge in [-0.3, -0.25) is 0 Å². The number of aliphatic hydroxyl groups is 1. The summed E-state index contributed by atoms with van der Waals surface area (Å²) in [4.78, 5) is 0. The summed E-state index contributed by atoms with van der Waals surface area (Å²) in [5.41, 5.74) is 2.54. The lowest BCUT2D eigenvalue weighted by molar-refractivity contribution is 0.278. The van der Waals surface area contributed by atoms with Crippen LogP contribution in [0.1, 0.15) is 18.4 Å². The van der Waals surface area contributed by atoms with Crippen molar-refractivity contribution < 1.29 is 5.11 Å². The molecule has 0 amide bonds. The number of hydrogen-bond acceptors (Lipinski definition) is 2. The summed E-state index contributed by atoms with van der Waals surface area (Å²) in [7, 11) is 0. The van der Waals surface area contributed by atoms with Gasteiger partial charge in [-0.15, -0.1) is 0 Å². The Morgan fingerprint density at radius 3 is 2.94 bits per heavy atom. The summed E-state index contributed by atoms with van der Waals surface area (Å²) in [5.74, 6) is 0. The van der Waals surface area contributed by atoms with E-state index in [-0.39, 0.29) is 6.61 Å². The van der Waals surface area contributed by atoms with Gasteiger partial charge in [-0.25, -0.2) is 0 Å². The highest BCUT2D eigenvalue weighted by Crippen LogP contribution is 2.21. The van der Waals surface area contributed by atoms with Crippen molar-refractivity contribution in [3.05, 3.63) is 36.0 Å². The minimum atomic E-state index is 0.189. The molecule has 1 saturated carbocycles. The van der Waals surface area contributed by atoms with E-state index in [2.05, 4.69) is 34.1 Å². The minimum Gasteiger partial charge on any atom is -0.395 e. The molecule has 0 spiro atoms. The second-order valence-electron chi connectivity index (χ2n) is 4.78. The molecule has 3 heteroatoms. The van der Waals surface area contributed by atoms with Gasteiger partial charge in [-0.1, -0.05) is 12.1 Å². The smallest absolute Gasteiger partial charge is 0.0610 e. The fourth-order valence-corrected chi connectivity index (χ4v) is 2.19. The Bertz CT molecular complexity index is 514. The van der Waals surface area contributed by atoms with E-state index in [4.69, 9.17) is 5.11 Å². The Labute approximate surface area is 101 Å². The molecular formula is C14H18N2O. The predicted octanol–water partition coefficient (Wildman–Crippen LogP) is 1.89. The monoisotopic (exact) mass is 230 g/mol. The van der Waals surface area contributed by atoms with E-state index in [1.807, 2.05) is 6.20 Å². The van der Waals surface area contributed by atoms with E-state index in [9.17, 15) is 0 Å². The van der Waals surface area contributed by atoms with Gasteiger partial charge in [0.2, 0.25) is 0 Å². The third-order valence-corrected chi connectivity index (χ3v) is 3.35. The second-order valence-corrected chi connectivity index (χ2v) is 4.78. The van der Waals surface area contributed by atoms with Crippen molar-refractivity contribution in [2.45, 2.75) is 32.0 Å². The summed E-state index contributed by atoms with van der Waals surface area (Å²) in [6.07, 6.45) is 4.69. The molecule has 0 unspecified atom stereocenters. The van der Waals surface area contributed by atoms with Crippen LogP contribution in [0.5, 0.6) is 0 Å². The molecule has 1 aliphatic carbocycles. The molecule has 0 radical (unpaired) electrons. The maximum atomic E-state index is 9.02. The molecule has 0 aliphatic heterocycles. The Morgan fingerprint density at radius 2 is 2.18 bits per heavy atom.